The molecular weight excluding hydrogens is 501 g/mol. The highest BCUT2D eigenvalue weighted by Gasteiger charge is 2.20. The van der Waals surface area contributed by atoms with Crippen molar-refractivity contribution in [3.63, 3.8) is 0 Å². The number of guanidine groups is 1. The van der Waals surface area contributed by atoms with Gasteiger partial charge in [-0.05, 0) is 24.6 Å². The van der Waals surface area contributed by atoms with Gasteiger partial charge >= 0.3 is 0 Å². The average molecular weight is 532 g/mol. The van der Waals surface area contributed by atoms with Crippen LogP contribution in [-0.4, -0.2) is 64.9 Å². The zero-order chi connectivity index (χ0) is 19.8. The molecule has 0 amide bonds. The van der Waals surface area contributed by atoms with Crippen molar-refractivity contribution in [3.05, 3.63) is 41.4 Å². The van der Waals surface area contributed by atoms with E-state index in [9.17, 15) is 0 Å². The zero-order valence-electron chi connectivity index (χ0n) is 17.2. The summed E-state index contributed by atoms with van der Waals surface area (Å²) < 4.78 is 2.10. The lowest BCUT2D eigenvalue weighted by Gasteiger charge is -2.38. The summed E-state index contributed by atoms with van der Waals surface area (Å²) in [5.74, 6) is 2.02. The van der Waals surface area contributed by atoms with E-state index >= 15 is 0 Å². The van der Waals surface area contributed by atoms with Gasteiger partial charge in [-0.2, -0.15) is 0 Å². The molecule has 0 aliphatic carbocycles. The van der Waals surface area contributed by atoms with Gasteiger partial charge in [0.25, 0.3) is 0 Å². The first kappa shape index (κ1) is 23.7. The van der Waals surface area contributed by atoms with Gasteiger partial charge in [0.15, 0.2) is 5.96 Å². The lowest BCUT2D eigenvalue weighted by molar-refractivity contribution is 0.370. The molecule has 0 atom stereocenters. The molecule has 160 valence electrons. The van der Waals surface area contributed by atoms with Gasteiger partial charge in [0.05, 0.1) is 0 Å². The van der Waals surface area contributed by atoms with Gasteiger partial charge in [0.2, 0.25) is 0 Å². The SMILES string of the molecule is CCCN=C(NCCn1cnnc1CC)N1CCN(c2cccc(Cl)c2)CC1.I. The first-order chi connectivity index (χ1) is 13.7. The van der Waals surface area contributed by atoms with Gasteiger partial charge in [-0.3, -0.25) is 4.99 Å². The zero-order valence-corrected chi connectivity index (χ0v) is 20.3. The van der Waals surface area contributed by atoms with Crippen molar-refractivity contribution in [1.29, 1.82) is 0 Å². The minimum atomic E-state index is 0. The molecule has 3 rings (SSSR count). The Balaban J connectivity index is 0.00000300. The van der Waals surface area contributed by atoms with Crippen molar-refractivity contribution in [2.45, 2.75) is 33.2 Å². The molecule has 9 heteroatoms. The Kier molecular flexibility index (Phi) is 9.99. The second kappa shape index (κ2) is 12.2. The molecule has 0 saturated carbocycles. The predicted octanol–water partition coefficient (Wildman–Crippen LogP) is 3.29. The van der Waals surface area contributed by atoms with Crippen molar-refractivity contribution in [2.24, 2.45) is 4.99 Å². The van der Waals surface area contributed by atoms with Crippen molar-refractivity contribution < 1.29 is 0 Å². The van der Waals surface area contributed by atoms with Crippen LogP contribution in [0.15, 0.2) is 35.6 Å². The van der Waals surface area contributed by atoms with E-state index in [2.05, 4.69) is 49.8 Å². The standard InChI is InChI=1S/C20H30ClN7.HI/c1-3-8-22-20(23-9-10-28-16-24-25-19(28)4-2)27-13-11-26(12-14-27)18-7-5-6-17(21)15-18;/h5-7,15-16H,3-4,8-14H2,1-2H3,(H,22,23);1H. The number of anilines is 1. The molecule has 1 aromatic heterocycles. The van der Waals surface area contributed by atoms with Crippen LogP contribution in [0.3, 0.4) is 0 Å². The van der Waals surface area contributed by atoms with E-state index in [1.807, 2.05) is 18.2 Å². The maximum Gasteiger partial charge on any atom is 0.194 e. The highest BCUT2D eigenvalue weighted by Crippen LogP contribution is 2.20. The number of aromatic nitrogens is 3. The number of rotatable bonds is 7. The fourth-order valence-corrected chi connectivity index (χ4v) is 3.55. The van der Waals surface area contributed by atoms with Crippen molar-refractivity contribution in [2.75, 3.05) is 44.2 Å². The third-order valence-electron chi connectivity index (χ3n) is 4.89. The third-order valence-corrected chi connectivity index (χ3v) is 5.12. The summed E-state index contributed by atoms with van der Waals surface area (Å²) in [6.07, 6.45) is 3.73. The van der Waals surface area contributed by atoms with E-state index in [-0.39, 0.29) is 24.0 Å². The molecule has 7 nitrogen and oxygen atoms in total. The fourth-order valence-electron chi connectivity index (χ4n) is 3.36. The Morgan fingerprint density at radius 2 is 2.00 bits per heavy atom. The molecule has 0 radical (unpaired) electrons. The topological polar surface area (TPSA) is 61.6 Å². The molecule has 0 spiro atoms. The molecule has 2 aromatic rings. The molecule has 1 N–H and O–H groups in total. The molecule has 1 aromatic carbocycles. The Morgan fingerprint density at radius 1 is 1.21 bits per heavy atom. The van der Waals surface area contributed by atoms with Gasteiger partial charge in [-0.1, -0.05) is 31.5 Å². The molecule has 1 saturated heterocycles. The summed E-state index contributed by atoms with van der Waals surface area (Å²) >= 11 is 6.14. The number of nitrogens with one attached hydrogen (secondary N) is 1. The summed E-state index contributed by atoms with van der Waals surface area (Å²) in [7, 11) is 0. The van der Waals surface area contributed by atoms with Crippen LogP contribution in [0.1, 0.15) is 26.1 Å². The lowest BCUT2D eigenvalue weighted by Crippen LogP contribution is -2.53. The highest BCUT2D eigenvalue weighted by atomic mass is 127. The maximum atomic E-state index is 6.14. The van der Waals surface area contributed by atoms with Crippen LogP contribution < -0.4 is 10.2 Å². The van der Waals surface area contributed by atoms with Crippen LogP contribution >= 0.6 is 35.6 Å². The second-order valence-electron chi connectivity index (χ2n) is 6.88. The molecule has 29 heavy (non-hydrogen) atoms. The maximum absolute atomic E-state index is 6.14. The number of nitrogens with zero attached hydrogens (tertiary/aromatic N) is 6. The molecule has 2 heterocycles. The Bertz CT molecular complexity index is 772. The van der Waals surface area contributed by atoms with Gasteiger partial charge in [-0.25, -0.2) is 0 Å². The first-order valence-electron chi connectivity index (χ1n) is 10.1. The smallest absolute Gasteiger partial charge is 0.194 e. The van der Waals surface area contributed by atoms with Gasteiger partial charge in [0.1, 0.15) is 12.2 Å². The minimum Gasteiger partial charge on any atom is -0.368 e. The number of aryl methyl sites for hydroxylation is 1. The van der Waals surface area contributed by atoms with Crippen LogP contribution in [-0.2, 0) is 13.0 Å². The Morgan fingerprint density at radius 3 is 2.69 bits per heavy atom. The predicted molar refractivity (Wildman–Crippen MR) is 131 cm³/mol. The average Bonchev–Trinajstić information content (AvgIpc) is 3.18. The fraction of sp³-hybridized carbons (Fsp3) is 0.550. The Labute approximate surface area is 195 Å². The van der Waals surface area contributed by atoms with Gasteiger partial charge < -0.3 is 19.7 Å². The number of hydrogen-bond acceptors (Lipinski definition) is 4. The minimum absolute atomic E-state index is 0. The van der Waals surface area contributed by atoms with Gasteiger partial charge in [0, 0.05) is 62.9 Å². The summed E-state index contributed by atoms with van der Waals surface area (Å²) in [6.45, 7) is 10.5. The summed E-state index contributed by atoms with van der Waals surface area (Å²) in [5, 5.41) is 12.5. The van der Waals surface area contributed by atoms with E-state index in [4.69, 9.17) is 16.6 Å². The first-order valence-corrected chi connectivity index (χ1v) is 10.5. The Hall–Kier alpha value is -1.55. The van der Waals surface area contributed by atoms with Gasteiger partial charge in [-0.15, -0.1) is 34.2 Å². The number of piperazine rings is 1. The van der Waals surface area contributed by atoms with Crippen LogP contribution in [0, 0.1) is 0 Å². The normalized spacial score (nSPS) is 14.7. The number of benzene rings is 1. The van der Waals surface area contributed by atoms with Crippen LogP contribution in [0.2, 0.25) is 5.02 Å². The summed E-state index contributed by atoms with van der Waals surface area (Å²) in [6, 6.07) is 8.08. The number of halogens is 2. The second-order valence-corrected chi connectivity index (χ2v) is 7.32. The van der Waals surface area contributed by atoms with E-state index in [1.54, 1.807) is 6.33 Å². The highest BCUT2D eigenvalue weighted by molar-refractivity contribution is 14.0. The monoisotopic (exact) mass is 531 g/mol. The molecule has 1 fully saturated rings. The van der Waals surface area contributed by atoms with E-state index in [1.165, 1.54) is 5.69 Å². The van der Waals surface area contributed by atoms with E-state index in [0.717, 1.165) is 75.5 Å². The summed E-state index contributed by atoms with van der Waals surface area (Å²) in [4.78, 5) is 9.52. The lowest BCUT2D eigenvalue weighted by atomic mass is 10.2. The number of aliphatic imine (C=N–C) groups is 1. The van der Waals surface area contributed by atoms with E-state index in [0.29, 0.717) is 0 Å². The number of hydrogen-bond donors (Lipinski definition) is 1. The van der Waals surface area contributed by atoms with Crippen molar-refractivity contribution in [1.82, 2.24) is 25.0 Å². The third kappa shape index (κ3) is 6.74. The van der Waals surface area contributed by atoms with Crippen molar-refractivity contribution >= 4 is 47.2 Å². The van der Waals surface area contributed by atoms with Crippen LogP contribution in [0.5, 0.6) is 0 Å². The molecular formula is C20H31ClIN7. The summed E-state index contributed by atoms with van der Waals surface area (Å²) in [5.41, 5.74) is 1.19. The van der Waals surface area contributed by atoms with Crippen molar-refractivity contribution in [3.8, 4) is 0 Å². The molecule has 0 bridgehead atoms. The van der Waals surface area contributed by atoms with E-state index < -0.39 is 0 Å². The van der Waals surface area contributed by atoms with Crippen LogP contribution in [0.25, 0.3) is 0 Å². The quantitative estimate of drug-likeness (QED) is 0.338. The molecule has 1 aliphatic rings. The largest absolute Gasteiger partial charge is 0.368 e. The molecule has 0 unspecified atom stereocenters. The molecule has 1 aliphatic heterocycles. The van der Waals surface area contributed by atoms with Crippen LogP contribution in [0.4, 0.5) is 5.69 Å².